The van der Waals surface area contributed by atoms with E-state index in [2.05, 4.69) is 52.2 Å². The Bertz CT molecular complexity index is 1420. The second kappa shape index (κ2) is 13.4. The molecule has 0 saturated carbocycles. The van der Waals surface area contributed by atoms with Crippen LogP contribution in [0.15, 0.2) is 35.2 Å². The summed E-state index contributed by atoms with van der Waals surface area (Å²) >= 11 is 0. The molecule has 2 aliphatic rings. The first-order valence-corrected chi connectivity index (χ1v) is 19.2. The quantitative estimate of drug-likeness (QED) is 0.212. The Morgan fingerprint density at radius 3 is 2.07 bits per heavy atom. The van der Waals surface area contributed by atoms with Crippen molar-refractivity contribution in [1.82, 2.24) is 10.6 Å². The van der Waals surface area contributed by atoms with Gasteiger partial charge in [-0.1, -0.05) is 59.2 Å². The Labute approximate surface area is 264 Å². The van der Waals surface area contributed by atoms with Crippen LogP contribution in [0.1, 0.15) is 64.7 Å². The fourth-order valence-corrected chi connectivity index (χ4v) is 14.1. The molecule has 0 aliphatic carbocycles. The van der Waals surface area contributed by atoms with Gasteiger partial charge in [-0.25, -0.2) is 0 Å². The molecule has 9 nitrogen and oxygen atoms in total. The number of carbonyl (C=O) groups is 1. The third kappa shape index (κ3) is 6.52. The standard InChI is InChI=1S/C33H50N2O7SSi/c1-19(2)44(20(3)4,21(5)6)41-18-25-16-28-33(36)35-27(30(25)34-28)15-24-17-29(32(40-10)23(8)31(24)39-9)42-43(37,38)26-13-11-22(7)12-14-26/h11-14,17,19-21,25,27-28,30,34H,15-16,18H2,1-10H3,(H,35,36)/t25-,27-,28-,30+/m0/s1. The molecule has 244 valence electrons. The van der Waals surface area contributed by atoms with E-state index in [-0.39, 0.29) is 46.3 Å². The Morgan fingerprint density at radius 2 is 1.52 bits per heavy atom. The molecule has 0 unspecified atom stereocenters. The summed E-state index contributed by atoms with van der Waals surface area (Å²) < 4.78 is 50.6. The molecule has 0 spiro atoms. The van der Waals surface area contributed by atoms with E-state index in [1.54, 1.807) is 32.2 Å². The van der Waals surface area contributed by atoms with Crippen LogP contribution < -0.4 is 24.3 Å². The van der Waals surface area contributed by atoms with Crippen LogP contribution in [0.25, 0.3) is 0 Å². The van der Waals surface area contributed by atoms with Gasteiger partial charge >= 0.3 is 10.1 Å². The van der Waals surface area contributed by atoms with Gasteiger partial charge in [-0.05, 0) is 61.5 Å². The highest BCUT2D eigenvalue weighted by molar-refractivity contribution is 7.87. The minimum absolute atomic E-state index is 0.0105. The van der Waals surface area contributed by atoms with Crippen molar-refractivity contribution in [3.63, 3.8) is 0 Å². The third-order valence-electron chi connectivity index (χ3n) is 9.63. The highest BCUT2D eigenvalue weighted by Crippen LogP contribution is 2.45. The molecule has 2 N–H and O–H groups in total. The molecule has 2 bridgehead atoms. The van der Waals surface area contributed by atoms with Crippen molar-refractivity contribution in [2.45, 2.75) is 108 Å². The molecule has 44 heavy (non-hydrogen) atoms. The van der Waals surface area contributed by atoms with Gasteiger partial charge < -0.3 is 28.7 Å². The third-order valence-corrected chi connectivity index (χ3v) is 17.0. The second-order valence-corrected chi connectivity index (χ2v) is 20.3. The molecule has 2 fully saturated rings. The lowest BCUT2D eigenvalue weighted by Crippen LogP contribution is -2.61. The number of fused-ring (bicyclic) bond motifs is 2. The van der Waals surface area contributed by atoms with Crippen LogP contribution in [0.5, 0.6) is 17.2 Å². The molecule has 2 saturated heterocycles. The molecule has 0 aromatic heterocycles. The topological polar surface area (TPSA) is 112 Å². The van der Waals surface area contributed by atoms with Gasteiger partial charge in [-0.15, -0.1) is 0 Å². The molecule has 11 heteroatoms. The van der Waals surface area contributed by atoms with E-state index in [1.165, 1.54) is 19.2 Å². The van der Waals surface area contributed by atoms with Gasteiger partial charge in [-0.2, -0.15) is 8.42 Å². The summed E-state index contributed by atoms with van der Waals surface area (Å²) in [4.78, 5) is 13.2. The zero-order valence-corrected chi connectivity index (χ0v) is 29.6. The molecular formula is C33H50N2O7SSi. The number of nitrogens with one attached hydrogen (secondary N) is 2. The molecule has 2 aromatic carbocycles. The van der Waals surface area contributed by atoms with Crippen LogP contribution in [0.2, 0.25) is 16.6 Å². The smallest absolute Gasteiger partial charge is 0.339 e. The predicted molar refractivity (Wildman–Crippen MR) is 175 cm³/mol. The molecule has 4 atom stereocenters. The van der Waals surface area contributed by atoms with Crippen molar-refractivity contribution in [1.29, 1.82) is 0 Å². The zero-order valence-electron chi connectivity index (χ0n) is 27.8. The van der Waals surface area contributed by atoms with E-state index in [4.69, 9.17) is 18.1 Å². The minimum Gasteiger partial charge on any atom is -0.496 e. The number of carbonyl (C=O) groups excluding carboxylic acids is 1. The number of hydrogen-bond donors (Lipinski definition) is 2. The molecule has 4 rings (SSSR count). The monoisotopic (exact) mass is 646 g/mol. The predicted octanol–water partition coefficient (Wildman–Crippen LogP) is 5.67. The number of benzene rings is 2. The van der Waals surface area contributed by atoms with E-state index < -0.39 is 18.4 Å². The van der Waals surface area contributed by atoms with Gasteiger partial charge in [0.2, 0.25) is 5.91 Å². The number of rotatable bonds is 13. The number of methoxy groups -OCH3 is 2. The van der Waals surface area contributed by atoms with Crippen LogP contribution in [0.4, 0.5) is 0 Å². The average molecular weight is 647 g/mol. The summed E-state index contributed by atoms with van der Waals surface area (Å²) in [6, 6.07) is 7.62. The number of hydrogen-bond acceptors (Lipinski definition) is 8. The minimum atomic E-state index is -4.13. The summed E-state index contributed by atoms with van der Waals surface area (Å²) in [5.41, 5.74) is 3.67. The molecule has 2 aliphatic heterocycles. The normalized spacial score (nSPS) is 22.1. The lowest BCUT2D eigenvalue weighted by atomic mass is 9.90. The van der Waals surface area contributed by atoms with Gasteiger partial charge in [0.25, 0.3) is 0 Å². The fourth-order valence-electron chi connectivity index (χ4n) is 7.67. The van der Waals surface area contributed by atoms with Crippen molar-refractivity contribution in [3.05, 3.63) is 47.0 Å². The van der Waals surface area contributed by atoms with E-state index in [0.29, 0.717) is 52.9 Å². The first kappa shape index (κ1) is 34.3. The van der Waals surface area contributed by atoms with Gasteiger partial charge in [0.15, 0.2) is 19.8 Å². The number of amides is 1. The Kier molecular flexibility index (Phi) is 10.4. The Morgan fingerprint density at radius 1 is 0.932 bits per heavy atom. The Hall–Kier alpha value is -2.60. The SMILES string of the molecule is COc1c(C[C@@H]2NC(=O)[C@@H]3C[C@@H](CO[Si](C(C)C)(C(C)C)C(C)C)[C@H]2N3)cc(OS(=O)(=O)c2ccc(C)cc2)c(OC)c1C. The van der Waals surface area contributed by atoms with Gasteiger partial charge in [0.1, 0.15) is 10.6 Å². The first-order valence-electron chi connectivity index (χ1n) is 15.6. The average Bonchev–Trinajstić information content (AvgIpc) is 3.32. The second-order valence-electron chi connectivity index (χ2n) is 13.3. The lowest BCUT2D eigenvalue weighted by molar-refractivity contribution is -0.125. The van der Waals surface area contributed by atoms with Crippen LogP contribution in [-0.2, 0) is 25.8 Å². The van der Waals surface area contributed by atoms with Crippen molar-refractivity contribution in [2.75, 3.05) is 20.8 Å². The van der Waals surface area contributed by atoms with Crippen molar-refractivity contribution in [3.8, 4) is 17.2 Å². The number of ether oxygens (including phenoxy) is 2. The van der Waals surface area contributed by atoms with Gasteiger partial charge in [0.05, 0.1) is 20.3 Å². The lowest BCUT2D eigenvalue weighted by Gasteiger charge is -2.43. The van der Waals surface area contributed by atoms with E-state index in [9.17, 15) is 13.2 Å². The molecule has 2 heterocycles. The first-order chi connectivity index (χ1) is 20.7. The van der Waals surface area contributed by atoms with E-state index in [1.807, 2.05) is 6.92 Å². The number of piperazine rings is 1. The zero-order chi connectivity index (χ0) is 32.6. The van der Waals surface area contributed by atoms with Gasteiger partial charge in [-0.3, -0.25) is 4.79 Å². The van der Waals surface area contributed by atoms with E-state index >= 15 is 0 Å². The Balaban J connectivity index is 1.65. The maximum Gasteiger partial charge on any atom is 0.339 e. The molecule has 1 amide bonds. The number of aryl methyl sites for hydroxylation is 1. The van der Waals surface area contributed by atoms with Crippen LogP contribution in [-0.4, -0.2) is 61.6 Å². The van der Waals surface area contributed by atoms with Crippen molar-refractivity contribution < 1.29 is 31.3 Å². The summed E-state index contributed by atoms with van der Waals surface area (Å²) in [6.45, 7) is 18.0. The summed E-state index contributed by atoms with van der Waals surface area (Å²) in [5, 5.41) is 6.80. The van der Waals surface area contributed by atoms with E-state index in [0.717, 1.165) is 5.56 Å². The van der Waals surface area contributed by atoms with Gasteiger partial charge in [0, 0.05) is 35.7 Å². The van der Waals surface area contributed by atoms with Crippen molar-refractivity contribution in [2.24, 2.45) is 5.92 Å². The largest absolute Gasteiger partial charge is 0.496 e. The van der Waals surface area contributed by atoms with Crippen LogP contribution in [0.3, 0.4) is 0 Å². The molecule has 0 radical (unpaired) electrons. The van der Waals surface area contributed by atoms with Crippen molar-refractivity contribution >= 4 is 24.3 Å². The summed E-state index contributed by atoms with van der Waals surface area (Å²) in [7, 11) is -3.18. The highest BCUT2D eigenvalue weighted by Gasteiger charge is 2.50. The maximum absolute atomic E-state index is 13.2. The summed E-state index contributed by atoms with van der Waals surface area (Å²) in [5.74, 6) is 1.03. The molecular weight excluding hydrogens is 597 g/mol. The summed E-state index contributed by atoms with van der Waals surface area (Å²) in [6.07, 6.45) is 1.12. The molecule has 2 aromatic rings. The highest BCUT2D eigenvalue weighted by atomic mass is 32.2. The van der Waals surface area contributed by atoms with Crippen LogP contribution in [0, 0.1) is 19.8 Å². The fraction of sp³-hybridized carbons (Fsp3) is 0.606. The maximum atomic E-state index is 13.2. The van der Waals surface area contributed by atoms with Crippen LogP contribution >= 0.6 is 0 Å².